The molecule has 0 radical (unpaired) electrons. The number of carbonyl (C=O) groups is 1. The third kappa shape index (κ3) is 3.55. The molecule has 1 aromatic rings. The second-order valence-corrected chi connectivity index (χ2v) is 3.79. The van der Waals surface area contributed by atoms with Gasteiger partial charge in [-0.1, -0.05) is 19.1 Å². The summed E-state index contributed by atoms with van der Waals surface area (Å²) in [6.07, 6.45) is 4.14. The molecule has 0 aliphatic heterocycles. The largest absolute Gasteiger partial charge is 0.420 e. The minimum absolute atomic E-state index is 0.238. The van der Waals surface area contributed by atoms with Gasteiger partial charge >= 0.3 is 5.97 Å². The maximum Gasteiger partial charge on any atom is 0.311 e. The third-order valence-corrected chi connectivity index (χ3v) is 2.30. The zero-order chi connectivity index (χ0) is 15.3. The number of hydrogen-bond acceptors (Lipinski definition) is 2. The number of hydrogen-bond donors (Lipinski definition) is 0. The van der Waals surface area contributed by atoms with Crippen molar-refractivity contribution in [3.05, 3.63) is 41.2 Å². The molecule has 20 heavy (non-hydrogen) atoms. The van der Waals surface area contributed by atoms with Crippen LogP contribution in [-0.4, -0.2) is 5.97 Å². The molecule has 0 heterocycles. The number of allylic oxidation sites excluding steroid dienone is 2. The lowest BCUT2D eigenvalue weighted by atomic mass is 10.2. The molecule has 1 rings (SSSR count). The van der Waals surface area contributed by atoms with Crippen molar-refractivity contribution in [1.29, 1.82) is 0 Å². The summed E-state index contributed by atoms with van der Waals surface area (Å²) in [5, 5.41) is 0. The lowest BCUT2D eigenvalue weighted by molar-refractivity contribution is -0.134. The molecular weight excluding hydrogens is 283 g/mol. The van der Waals surface area contributed by atoms with Crippen LogP contribution in [0.2, 0.25) is 0 Å². The average Bonchev–Trinajstić information content (AvgIpc) is 2.44. The molecule has 0 N–H and O–H groups in total. The standard InChI is InChI=1S/C13H11F5O2/c1-2-3-4-5-6-7(19)20-13-11(17)9(15)8(14)10(16)12(13)18/h3-4H,2,5-6H2,1H3/b4-3-. The minimum atomic E-state index is -2.30. The van der Waals surface area contributed by atoms with Crippen molar-refractivity contribution in [2.24, 2.45) is 0 Å². The molecule has 7 heteroatoms. The van der Waals surface area contributed by atoms with E-state index in [1.165, 1.54) is 0 Å². The van der Waals surface area contributed by atoms with Gasteiger partial charge in [-0.15, -0.1) is 0 Å². The van der Waals surface area contributed by atoms with Crippen LogP contribution in [0.4, 0.5) is 22.0 Å². The summed E-state index contributed by atoms with van der Waals surface area (Å²) in [5.74, 6) is -13.6. The van der Waals surface area contributed by atoms with Gasteiger partial charge in [0.25, 0.3) is 0 Å². The number of carbonyl (C=O) groups excluding carboxylic acids is 1. The first-order valence-corrected chi connectivity index (χ1v) is 5.77. The van der Waals surface area contributed by atoms with Gasteiger partial charge in [-0.25, -0.2) is 13.2 Å². The first-order valence-electron chi connectivity index (χ1n) is 5.77. The molecule has 0 aliphatic rings. The first-order chi connectivity index (χ1) is 9.40. The number of rotatable bonds is 5. The van der Waals surface area contributed by atoms with Gasteiger partial charge in [-0.2, -0.15) is 8.78 Å². The maximum atomic E-state index is 13.2. The van der Waals surface area contributed by atoms with Gasteiger partial charge in [0.05, 0.1) is 0 Å². The summed E-state index contributed by atoms with van der Waals surface area (Å²) in [5.41, 5.74) is 0. The van der Waals surface area contributed by atoms with Crippen molar-refractivity contribution in [1.82, 2.24) is 0 Å². The summed E-state index contributed by atoms with van der Waals surface area (Å²) in [6.45, 7) is 1.86. The molecule has 0 bridgehead atoms. The molecule has 0 saturated carbocycles. The van der Waals surface area contributed by atoms with E-state index in [1.54, 1.807) is 12.2 Å². The Bertz CT molecular complexity index is 511. The number of halogens is 5. The van der Waals surface area contributed by atoms with Crippen LogP contribution in [0.15, 0.2) is 12.2 Å². The molecule has 1 aromatic carbocycles. The van der Waals surface area contributed by atoms with E-state index < -0.39 is 40.8 Å². The molecule has 0 amide bonds. The first kappa shape index (κ1) is 16.1. The second-order valence-electron chi connectivity index (χ2n) is 3.79. The van der Waals surface area contributed by atoms with Crippen molar-refractivity contribution in [3.8, 4) is 5.75 Å². The van der Waals surface area contributed by atoms with E-state index in [2.05, 4.69) is 4.74 Å². The van der Waals surface area contributed by atoms with E-state index in [1.807, 2.05) is 6.92 Å². The van der Waals surface area contributed by atoms with Crippen LogP contribution in [0.1, 0.15) is 26.2 Å². The molecule has 0 aliphatic carbocycles. The Morgan fingerprint density at radius 2 is 1.45 bits per heavy atom. The second kappa shape index (κ2) is 7.02. The van der Waals surface area contributed by atoms with E-state index in [4.69, 9.17) is 0 Å². The third-order valence-electron chi connectivity index (χ3n) is 2.30. The van der Waals surface area contributed by atoms with Crippen LogP contribution < -0.4 is 4.74 Å². The Balaban J connectivity index is 2.88. The number of benzene rings is 1. The Morgan fingerprint density at radius 3 is 1.95 bits per heavy atom. The normalized spacial score (nSPS) is 11.1. The van der Waals surface area contributed by atoms with Gasteiger partial charge in [0, 0.05) is 6.42 Å². The monoisotopic (exact) mass is 294 g/mol. The molecule has 0 unspecified atom stereocenters. The fourth-order valence-electron chi connectivity index (χ4n) is 1.32. The quantitative estimate of drug-likeness (QED) is 0.205. The molecule has 0 fully saturated rings. The highest BCUT2D eigenvalue weighted by Gasteiger charge is 2.28. The molecule has 110 valence electrons. The summed E-state index contributed by atoms with van der Waals surface area (Å²) in [6, 6.07) is 0. The van der Waals surface area contributed by atoms with Gasteiger partial charge in [0.1, 0.15) is 0 Å². The minimum Gasteiger partial charge on any atom is -0.420 e. The summed E-state index contributed by atoms with van der Waals surface area (Å²) in [4.78, 5) is 11.3. The Labute approximate surface area is 111 Å². The molecular formula is C13H11F5O2. The predicted molar refractivity (Wildman–Crippen MR) is 60.5 cm³/mol. The van der Waals surface area contributed by atoms with Crippen molar-refractivity contribution in [3.63, 3.8) is 0 Å². The molecule has 0 atom stereocenters. The van der Waals surface area contributed by atoms with Crippen molar-refractivity contribution < 1.29 is 31.5 Å². The highest BCUT2D eigenvalue weighted by molar-refractivity contribution is 5.72. The van der Waals surface area contributed by atoms with Crippen LogP contribution in [0, 0.1) is 29.1 Å². The van der Waals surface area contributed by atoms with Crippen LogP contribution in [0.25, 0.3) is 0 Å². The summed E-state index contributed by atoms with van der Waals surface area (Å²) in [7, 11) is 0. The van der Waals surface area contributed by atoms with Crippen LogP contribution in [-0.2, 0) is 4.79 Å². The molecule has 0 spiro atoms. The number of esters is 1. The lowest BCUT2D eigenvalue weighted by Gasteiger charge is -2.08. The van der Waals surface area contributed by atoms with Gasteiger partial charge in [0.2, 0.25) is 34.8 Å². The zero-order valence-corrected chi connectivity index (χ0v) is 10.5. The number of ether oxygens (including phenoxy) is 1. The van der Waals surface area contributed by atoms with Gasteiger partial charge < -0.3 is 4.74 Å². The van der Waals surface area contributed by atoms with Crippen molar-refractivity contribution in [2.45, 2.75) is 26.2 Å². The van der Waals surface area contributed by atoms with E-state index in [9.17, 15) is 26.7 Å². The van der Waals surface area contributed by atoms with Crippen molar-refractivity contribution >= 4 is 5.97 Å². The fourth-order valence-corrected chi connectivity index (χ4v) is 1.32. The SMILES string of the molecule is CC/C=C\CCC(=O)Oc1c(F)c(F)c(F)c(F)c1F. The molecule has 0 saturated heterocycles. The highest BCUT2D eigenvalue weighted by Crippen LogP contribution is 2.29. The maximum absolute atomic E-state index is 13.2. The Kier molecular flexibility index (Phi) is 5.66. The van der Waals surface area contributed by atoms with Crippen LogP contribution in [0.3, 0.4) is 0 Å². The molecule has 0 aromatic heterocycles. The van der Waals surface area contributed by atoms with E-state index in [-0.39, 0.29) is 12.8 Å². The highest BCUT2D eigenvalue weighted by atomic mass is 19.2. The van der Waals surface area contributed by atoms with Crippen LogP contribution in [0.5, 0.6) is 5.75 Å². The van der Waals surface area contributed by atoms with Gasteiger partial charge in [-0.05, 0) is 12.8 Å². The van der Waals surface area contributed by atoms with E-state index in [0.29, 0.717) is 0 Å². The van der Waals surface area contributed by atoms with Crippen molar-refractivity contribution in [2.75, 3.05) is 0 Å². The summed E-state index contributed by atoms with van der Waals surface area (Å²) < 4.78 is 69.0. The lowest BCUT2D eigenvalue weighted by Crippen LogP contribution is -2.13. The Morgan fingerprint density at radius 1 is 0.950 bits per heavy atom. The average molecular weight is 294 g/mol. The van der Waals surface area contributed by atoms with Gasteiger partial charge in [0.15, 0.2) is 0 Å². The van der Waals surface area contributed by atoms with Crippen LogP contribution >= 0.6 is 0 Å². The summed E-state index contributed by atoms with van der Waals surface area (Å²) >= 11 is 0. The topological polar surface area (TPSA) is 26.3 Å². The zero-order valence-electron chi connectivity index (χ0n) is 10.5. The van der Waals surface area contributed by atoms with E-state index >= 15 is 0 Å². The van der Waals surface area contributed by atoms with E-state index in [0.717, 1.165) is 6.42 Å². The van der Waals surface area contributed by atoms with Gasteiger partial charge in [-0.3, -0.25) is 4.79 Å². The molecule has 2 nitrogen and oxygen atoms in total. The smallest absolute Gasteiger partial charge is 0.311 e. The predicted octanol–water partition coefficient (Wildman–Crippen LogP) is 4.03. The fraction of sp³-hybridized carbons (Fsp3) is 0.308. The Hall–Kier alpha value is -1.92.